The Kier molecular flexibility index (Phi) is 4.90. The Hall–Kier alpha value is -1.63. The summed E-state index contributed by atoms with van der Waals surface area (Å²) in [4.78, 5) is 22.5. The van der Waals surface area contributed by atoms with Crippen LogP contribution in [-0.4, -0.2) is 60.0 Å². The smallest absolute Gasteiger partial charge is 0.239 e. The van der Waals surface area contributed by atoms with Crippen molar-refractivity contribution in [2.24, 2.45) is 5.41 Å². The van der Waals surface area contributed by atoms with E-state index in [0.717, 1.165) is 55.8 Å². The molecule has 2 aliphatic rings. The summed E-state index contributed by atoms with van der Waals surface area (Å²) in [7, 11) is 1.89. The zero-order valence-electron chi connectivity index (χ0n) is 15.1. The summed E-state index contributed by atoms with van der Waals surface area (Å²) in [5.41, 5.74) is 2.15. The summed E-state index contributed by atoms with van der Waals surface area (Å²) in [6.45, 7) is 3.74. The van der Waals surface area contributed by atoms with E-state index in [-0.39, 0.29) is 11.9 Å². The van der Waals surface area contributed by atoms with E-state index in [2.05, 4.69) is 20.6 Å². The van der Waals surface area contributed by atoms with E-state index in [1.54, 1.807) is 0 Å². The van der Waals surface area contributed by atoms with E-state index < -0.39 is 0 Å². The van der Waals surface area contributed by atoms with Gasteiger partial charge in [0.05, 0.1) is 17.1 Å². The number of piperidine rings is 1. The number of imidazole rings is 1. The highest BCUT2D eigenvalue weighted by Crippen LogP contribution is 2.37. The molecule has 3 N–H and O–H groups in total. The number of benzene rings is 1. The van der Waals surface area contributed by atoms with Gasteiger partial charge < -0.3 is 20.5 Å². The first-order valence-electron chi connectivity index (χ1n) is 9.38. The van der Waals surface area contributed by atoms with Crippen LogP contribution in [0.2, 0.25) is 5.02 Å². The van der Waals surface area contributed by atoms with Gasteiger partial charge in [0.2, 0.25) is 5.91 Å². The number of aromatic nitrogens is 2. The first kappa shape index (κ1) is 17.8. The van der Waals surface area contributed by atoms with Gasteiger partial charge in [-0.1, -0.05) is 11.6 Å². The topological polar surface area (TPSA) is 73.0 Å². The highest BCUT2D eigenvalue weighted by atomic mass is 35.5. The Bertz CT molecular complexity index is 798. The molecule has 0 bridgehead atoms. The van der Waals surface area contributed by atoms with Gasteiger partial charge >= 0.3 is 0 Å². The van der Waals surface area contributed by atoms with E-state index in [0.29, 0.717) is 23.4 Å². The summed E-state index contributed by atoms with van der Waals surface area (Å²) in [5, 5.41) is 7.57. The average Bonchev–Trinajstić information content (AvgIpc) is 3.23. The van der Waals surface area contributed by atoms with E-state index in [1.807, 2.05) is 30.1 Å². The van der Waals surface area contributed by atoms with E-state index in [4.69, 9.17) is 11.6 Å². The van der Waals surface area contributed by atoms with Crippen molar-refractivity contribution in [2.75, 3.05) is 33.2 Å². The molecule has 1 aromatic carbocycles. The molecule has 1 aromatic heterocycles. The highest BCUT2D eigenvalue weighted by molar-refractivity contribution is 6.31. The lowest BCUT2D eigenvalue weighted by atomic mass is 9.77. The Morgan fingerprint density at radius 2 is 2.19 bits per heavy atom. The van der Waals surface area contributed by atoms with Crippen LogP contribution < -0.4 is 10.6 Å². The zero-order chi connectivity index (χ0) is 18.1. The molecule has 2 aromatic rings. The minimum absolute atomic E-state index is 0.0485. The lowest BCUT2D eigenvalue weighted by molar-refractivity contribution is -0.131. The largest absolute Gasteiger partial charge is 0.344 e. The van der Waals surface area contributed by atoms with Gasteiger partial charge in [-0.15, -0.1) is 0 Å². The quantitative estimate of drug-likeness (QED) is 0.763. The second-order valence-electron chi connectivity index (χ2n) is 7.74. The van der Waals surface area contributed by atoms with Crippen LogP contribution in [-0.2, 0) is 11.2 Å². The Morgan fingerprint density at radius 1 is 1.38 bits per heavy atom. The number of hydrogen-bond acceptors (Lipinski definition) is 4. The first-order valence-corrected chi connectivity index (χ1v) is 9.76. The predicted octanol–water partition coefficient (Wildman–Crippen LogP) is 1.95. The molecule has 2 fully saturated rings. The monoisotopic (exact) mass is 375 g/mol. The SMILES string of the molecule is CN(CCc1nc2ccc(Cl)cc2[nH]1)C(=O)[C@@H]1CC2(CCNCC2)CN1. The maximum atomic E-state index is 12.8. The zero-order valence-corrected chi connectivity index (χ0v) is 15.9. The Labute approximate surface area is 158 Å². The minimum Gasteiger partial charge on any atom is -0.344 e. The van der Waals surface area contributed by atoms with E-state index in [1.165, 1.54) is 0 Å². The number of hydrogen-bond donors (Lipinski definition) is 3. The van der Waals surface area contributed by atoms with Crippen molar-refractivity contribution in [2.45, 2.75) is 31.7 Å². The van der Waals surface area contributed by atoms with E-state index >= 15 is 0 Å². The average molecular weight is 376 g/mol. The standard InChI is InChI=1S/C19H26ClN5O/c1-25(9-4-17-23-14-3-2-13(20)10-15(14)24-17)18(26)16-11-19(12-22-16)5-7-21-8-6-19/h2-3,10,16,21-22H,4-9,11-12H2,1H3,(H,23,24)/t16-/m0/s1. The first-order chi connectivity index (χ1) is 12.5. The second kappa shape index (κ2) is 7.18. The van der Waals surface area contributed by atoms with Gasteiger partial charge in [0, 0.05) is 31.6 Å². The minimum atomic E-state index is -0.0485. The van der Waals surface area contributed by atoms with Crippen LogP contribution in [0.15, 0.2) is 18.2 Å². The van der Waals surface area contributed by atoms with Gasteiger partial charge in [0.25, 0.3) is 0 Å². The summed E-state index contributed by atoms with van der Waals surface area (Å²) in [5.74, 6) is 1.08. The molecule has 26 heavy (non-hydrogen) atoms. The number of amides is 1. The van der Waals surface area contributed by atoms with Gasteiger partial charge in [-0.2, -0.15) is 0 Å². The Balaban J connectivity index is 1.34. The number of nitrogens with one attached hydrogen (secondary N) is 3. The number of carbonyl (C=O) groups is 1. The molecule has 0 aliphatic carbocycles. The maximum Gasteiger partial charge on any atom is 0.239 e. The molecule has 2 saturated heterocycles. The molecule has 3 heterocycles. The van der Waals surface area contributed by atoms with E-state index in [9.17, 15) is 4.79 Å². The molecule has 0 unspecified atom stereocenters. The third-order valence-electron chi connectivity index (χ3n) is 5.88. The van der Waals surface area contributed by atoms with Crippen LogP contribution in [0.25, 0.3) is 11.0 Å². The number of nitrogens with zero attached hydrogens (tertiary/aromatic N) is 2. The number of aromatic amines is 1. The van der Waals surface area contributed by atoms with Gasteiger partial charge in [-0.3, -0.25) is 4.79 Å². The predicted molar refractivity (Wildman–Crippen MR) is 103 cm³/mol. The molecular weight excluding hydrogens is 350 g/mol. The van der Waals surface area contributed by atoms with Crippen molar-refractivity contribution in [1.29, 1.82) is 0 Å². The number of H-pyrrole nitrogens is 1. The lowest BCUT2D eigenvalue weighted by Gasteiger charge is -2.33. The van der Waals surface area contributed by atoms with Crippen LogP contribution in [0.1, 0.15) is 25.1 Å². The molecule has 0 saturated carbocycles. The molecule has 0 radical (unpaired) electrons. The third kappa shape index (κ3) is 3.59. The summed E-state index contributed by atoms with van der Waals surface area (Å²) >= 11 is 6.02. The van der Waals surface area contributed by atoms with Crippen molar-refractivity contribution in [3.05, 3.63) is 29.0 Å². The molecule has 140 valence electrons. The summed E-state index contributed by atoms with van der Waals surface area (Å²) in [6.07, 6.45) is 3.99. The highest BCUT2D eigenvalue weighted by Gasteiger charge is 2.42. The van der Waals surface area contributed by atoms with Crippen molar-refractivity contribution in [3.8, 4) is 0 Å². The molecule has 1 amide bonds. The number of halogens is 1. The van der Waals surface area contributed by atoms with Crippen LogP contribution in [0, 0.1) is 5.41 Å². The van der Waals surface area contributed by atoms with Crippen molar-refractivity contribution in [1.82, 2.24) is 25.5 Å². The van der Waals surface area contributed by atoms with Gasteiger partial charge in [-0.25, -0.2) is 4.98 Å². The Morgan fingerprint density at radius 3 is 3.00 bits per heavy atom. The molecule has 1 spiro atoms. The fraction of sp³-hybridized carbons (Fsp3) is 0.579. The summed E-state index contributed by atoms with van der Waals surface area (Å²) in [6, 6.07) is 5.58. The maximum absolute atomic E-state index is 12.8. The molecular formula is C19H26ClN5O. The number of fused-ring (bicyclic) bond motifs is 1. The van der Waals surface area contributed by atoms with Crippen LogP contribution in [0.4, 0.5) is 0 Å². The number of rotatable bonds is 4. The van der Waals surface area contributed by atoms with Crippen molar-refractivity contribution in [3.63, 3.8) is 0 Å². The number of likely N-dealkylation sites (N-methyl/N-ethyl adjacent to an activating group) is 1. The van der Waals surface area contributed by atoms with Gasteiger partial charge in [-0.05, 0) is 56.0 Å². The molecule has 2 aliphatic heterocycles. The fourth-order valence-corrected chi connectivity index (χ4v) is 4.40. The van der Waals surface area contributed by atoms with Crippen molar-refractivity contribution < 1.29 is 4.79 Å². The molecule has 6 nitrogen and oxygen atoms in total. The van der Waals surface area contributed by atoms with Gasteiger partial charge in [0.15, 0.2) is 0 Å². The number of carbonyl (C=O) groups excluding carboxylic acids is 1. The van der Waals surface area contributed by atoms with Crippen LogP contribution in [0.3, 0.4) is 0 Å². The van der Waals surface area contributed by atoms with Crippen LogP contribution >= 0.6 is 11.6 Å². The lowest BCUT2D eigenvalue weighted by Crippen LogP contribution is -2.42. The fourth-order valence-electron chi connectivity index (χ4n) is 4.23. The third-order valence-corrected chi connectivity index (χ3v) is 6.11. The van der Waals surface area contributed by atoms with Crippen LogP contribution in [0.5, 0.6) is 0 Å². The molecule has 7 heteroatoms. The molecule has 4 rings (SSSR count). The summed E-state index contributed by atoms with van der Waals surface area (Å²) < 4.78 is 0. The van der Waals surface area contributed by atoms with Crippen molar-refractivity contribution >= 4 is 28.5 Å². The normalized spacial score (nSPS) is 22.2. The molecule has 1 atom stereocenters. The van der Waals surface area contributed by atoms with Gasteiger partial charge in [0.1, 0.15) is 5.82 Å². The second-order valence-corrected chi connectivity index (χ2v) is 8.18.